The van der Waals surface area contributed by atoms with Gasteiger partial charge in [0.15, 0.2) is 0 Å². The minimum absolute atomic E-state index is 0.0158. The molecule has 0 heterocycles. The molecule has 0 unspecified atom stereocenters. The molecule has 2 amide bonds. The van der Waals surface area contributed by atoms with Gasteiger partial charge in [-0.25, -0.2) is 0 Å². The Morgan fingerprint density at radius 1 is 1.00 bits per heavy atom. The summed E-state index contributed by atoms with van der Waals surface area (Å²) in [5.41, 5.74) is 1.64. The van der Waals surface area contributed by atoms with Gasteiger partial charge in [0.1, 0.15) is 11.8 Å². The minimum atomic E-state index is -0.630. The van der Waals surface area contributed by atoms with Gasteiger partial charge in [0.25, 0.3) is 0 Å². The van der Waals surface area contributed by atoms with Gasteiger partial charge in [0.2, 0.25) is 11.8 Å². The minimum Gasteiger partial charge on any atom is -0.497 e. The van der Waals surface area contributed by atoms with Crippen LogP contribution in [0.1, 0.15) is 31.9 Å². The highest BCUT2D eigenvalue weighted by Crippen LogP contribution is 2.23. The zero-order valence-electron chi connectivity index (χ0n) is 17.0. The summed E-state index contributed by atoms with van der Waals surface area (Å²) in [6.07, 6.45) is 0.117. The summed E-state index contributed by atoms with van der Waals surface area (Å²) >= 11 is 12.0. The third-order valence-corrected chi connectivity index (χ3v) is 5.19. The maximum absolute atomic E-state index is 13.1. The smallest absolute Gasteiger partial charge is 0.242 e. The van der Waals surface area contributed by atoms with Gasteiger partial charge in [-0.1, -0.05) is 41.4 Å². The standard InChI is InChI=1S/C22H26Cl2N2O3/c1-14(2)25-22(28)15(3)26(13-16-5-8-18(29-4)9-6-16)21(27)12-17-7-10-19(23)20(24)11-17/h5-11,14-15H,12-13H2,1-4H3,(H,25,28)/t15-/m1/s1. The molecule has 29 heavy (non-hydrogen) atoms. The second kappa shape index (κ2) is 10.5. The molecule has 0 aliphatic heterocycles. The first-order valence-electron chi connectivity index (χ1n) is 9.38. The van der Waals surface area contributed by atoms with Crippen LogP contribution in [0.2, 0.25) is 10.0 Å². The molecule has 0 fully saturated rings. The lowest BCUT2D eigenvalue weighted by molar-refractivity contribution is -0.140. The molecule has 1 atom stereocenters. The van der Waals surface area contributed by atoms with Crippen LogP contribution in [-0.4, -0.2) is 35.9 Å². The van der Waals surface area contributed by atoms with Gasteiger partial charge in [-0.2, -0.15) is 0 Å². The molecule has 0 bridgehead atoms. The number of halogens is 2. The van der Waals surface area contributed by atoms with Gasteiger partial charge in [-0.05, 0) is 56.2 Å². The van der Waals surface area contributed by atoms with Gasteiger partial charge in [-0.3, -0.25) is 9.59 Å². The fourth-order valence-corrected chi connectivity index (χ4v) is 3.16. The number of carbonyl (C=O) groups excluding carboxylic acids is 2. The van der Waals surface area contributed by atoms with Crippen molar-refractivity contribution in [2.75, 3.05) is 7.11 Å². The van der Waals surface area contributed by atoms with Gasteiger partial charge in [-0.15, -0.1) is 0 Å². The fraction of sp³-hybridized carbons (Fsp3) is 0.364. The summed E-state index contributed by atoms with van der Waals surface area (Å²) in [5, 5.41) is 3.70. The maximum Gasteiger partial charge on any atom is 0.242 e. The Bertz CT molecular complexity index is 854. The van der Waals surface area contributed by atoms with Crippen molar-refractivity contribution in [3.8, 4) is 5.75 Å². The second-order valence-corrected chi connectivity index (χ2v) is 7.95. The Kier molecular flexibility index (Phi) is 8.35. The molecule has 0 aliphatic carbocycles. The van der Waals surface area contributed by atoms with E-state index in [9.17, 15) is 9.59 Å². The molecule has 7 heteroatoms. The summed E-state index contributed by atoms with van der Waals surface area (Å²) < 4.78 is 5.18. The van der Waals surface area contributed by atoms with Crippen LogP contribution in [0.4, 0.5) is 0 Å². The third-order valence-electron chi connectivity index (χ3n) is 4.45. The topological polar surface area (TPSA) is 58.6 Å². The molecule has 1 N–H and O–H groups in total. The van der Waals surface area contributed by atoms with Gasteiger partial charge >= 0.3 is 0 Å². The number of methoxy groups -OCH3 is 1. The molecule has 0 aliphatic rings. The molecular formula is C22H26Cl2N2O3. The highest BCUT2D eigenvalue weighted by molar-refractivity contribution is 6.42. The van der Waals surface area contributed by atoms with Crippen LogP contribution in [0.3, 0.4) is 0 Å². The predicted octanol–water partition coefficient (Wildman–Crippen LogP) is 4.49. The zero-order chi connectivity index (χ0) is 21.6. The SMILES string of the molecule is COc1ccc(CN(C(=O)Cc2ccc(Cl)c(Cl)c2)[C@H](C)C(=O)NC(C)C)cc1. The zero-order valence-corrected chi connectivity index (χ0v) is 18.6. The van der Waals surface area contributed by atoms with Crippen LogP contribution in [0.5, 0.6) is 5.75 Å². The normalized spacial score (nSPS) is 11.8. The summed E-state index contributed by atoms with van der Waals surface area (Å²) in [5.74, 6) is 0.356. The van der Waals surface area contributed by atoms with E-state index in [-0.39, 0.29) is 24.3 Å². The van der Waals surface area contributed by atoms with E-state index in [0.29, 0.717) is 16.6 Å². The second-order valence-electron chi connectivity index (χ2n) is 7.13. The van der Waals surface area contributed by atoms with Crippen LogP contribution in [0, 0.1) is 0 Å². The Balaban J connectivity index is 2.24. The number of benzene rings is 2. The maximum atomic E-state index is 13.1. The van der Waals surface area contributed by atoms with E-state index in [4.69, 9.17) is 27.9 Å². The summed E-state index contributed by atoms with van der Waals surface area (Å²) in [7, 11) is 1.60. The molecule has 0 spiro atoms. The number of nitrogens with one attached hydrogen (secondary N) is 1. The molecule has 0 saturated carbocycles. The van der Waals surface area contributed by atoms with Crippen molar-refractivity contribution < 1.29 is 14.3 Å². The summed E-state index contributed by atoms with van der Waals surface area (Å²) in [4.78, 5) is 27.3. The van der Waals surface area contributed by atoms with Crippen molar-refractivity contribution in [3.63, 3.8) is 0 Å². The van der Waals surface area contributed by atoms with E-state index in [1.165, 1.54) is 0 Å². The lowest BCUT2D eigenvalue weighted by Gasteiger charge is -2.29. The molecule has 156 valence electrons. The first kappa shape index (κ1) is 23.0. The van der Waals surface area contributed by atoms with Crippen molar-refractivity contribution in [2.24, 2.45) is 0 Å². The quantitative estimate of drug-likeness (QED) is 0.662. The van der Waals surface area contributed by atoms with E-state index >= 15 is 0 Å². The van der Waals surface area contributed by atoms with Gasteiger partial charge < -0.3 is 15.0 Å². The predicted molar refractivity (Wildman–Crippen MR) is 116 cm³/mol. The van der Waals surface area contributed by atoms with Gasteiger partial charge in [0, 0.05) is 12.6 Å². The highest BCUT2D eigenvalue weighted by Gasteiger charge is 2.26. The Morgan fingerprint density at radius 3 is 2.17 bits per heavy atom. The number of carbonyl (C=O) groups is 2. The van der Waals surface area contributed by atoms with Gasteiger partial charge in [0.05, 0.1) is 23.6 Å². The van der Waals surface area contributed by atoms with E-state index < -0.39 is 6.04 Å². The number of hydrogen-bond acceptors (Lipinski definition) is 3. The highest BCUT2D eigenvalue weighted by atomic mass is 35.5. The number of hydrogen-bond donors (Lipinski definition) is 1. The molecule has 0 radical (unpaired) electrons. The fourth-order valence-electron chi connectivity index (χ4n) is 2.84. The lowest BCUT2D eigenvalue weighted by atomic mass is 10.1. The Labute approximate surface area is 181 Å². The molecule has 2 rings (SSSR count). The number of nitrogens with zero attached hydrogens (tertiary/aromatic N) is 1. The summed E-state index contributed by atoms with van der Waals surface area (Å²) in [6, 6.07) is 11.9. The summed E-state index contributed by atoms with van der Waals surface area (Å²) in [6.45, 7) is 5.80. The Hall–Kier alpha value is -2.24. The first-order chi connectivity index (χ1) is 13.7. The van der Waals surface area contributed by atoms with Crippen molar-refractivity contribution >= 4 is 35.0 Å². The monoisotopic (exact) mass is 436 g/mol. The van der Waals surface area contributed by atoms with Crippen molar-refractivity contribution in [2.45, 2.75) is 45.8 Å². The molecule has 0 aromatic heterocycles. The van der Waals surface area contributed by atoms with E-state index in [1.54, 1.807) is 37.1 Å². The van der Waals surface area contributed by atoms with Crippen LogP contribution in [-0.2, 0) is 22.6 Å². The van der Waals surface area contributed by atoms with Crippen molar-refractivity contribution in [3.05, 3.63) is 63.6 Å². The molecule has 5 nitrogen and oxygen atoms in total. The van der Waals surface area contributed by atoms with E-state index in [0.717, 1.165) is 16.9 Å². The molecule has 2 aromatic rings. The number of amides is 2. The van der Waals surface area contributed by atoms with E-state index in [1.807, 2.05) is 38.1 Å². The van der Waals surface area contributed by atoms with Crippen LogP contribution < -0.4 is 10.1 Å². The molecule has 0 saturated heterocycles. The largest absolute Gasteiger partial charge is 0.497 e. The third kappa shape index (κ3) is 6.65. The molecular weight excluding hydrogens is 411 g/mol. The van der Waals surface area contributed by atoms with Crippen molar-refractivity contribution in [1.82, 2.24) is 10.2 Å². The Morgan fingerprint density at radius 2 is 1.62 bits per heavy atom. The first-order valence-corrected chi connectivity index (χ1v) is 10.1. The van der Waals surface area contributed by atoms with E-state index in [2.05, 4.69) is 5.32 Å². The lowest BCUT2D eigenvalue weighted by Crippen LogP contribution is -2.49. The van der Waals surface area contributed by atoms with Crippen LogP contribution in [0.15, 0.2) is 42.5 Å². The average Bonchev–Trinajstić information content (AvgIpc) is 2.68. The number of rotatable bonds is 8. The van der Waals surface area contributed by atoms with Crippen LogP contribution in [0.25, 0.3) is 0 Å². The average molecular weight is 437 g/mol. The number of ether oxygens (including phenoxy) is 1. The van der Waals surface area contributed by atoms with Crippen molar-refractivity contribution in [1.29, 1.82) is 0 Å². The van der Waals surface area contributed by atoms with Crippen LogP contribution >= 0.6 is 23.2 Å². The molecule has 2 aromatic carbocycles.